The lowest BCUT2D eigenvalue weighted by molar-refractivity contribution is -0.253. The summed E-state index contributed by atoms with van der Waals surface area (Å²) in [6, 6.07) is 16.3. The van der Waals surface area contributed by atoms with E-state index in [2.05, 4.69) is 10.2 Å². The average Bonchev–Trinajstić information content (AvgIpc) is 3.42. The molecule has 0 spiro atoms. The topological polar surface area (TPSA) is 118 Å². The Hall–Kier alpha value is -2.82. The molecule has 0 bridgehead atoms. The lowest BCUT2D eigenvalue weighted by Crippen LogP contribution is -2.42. The number of benzene rings is 2. The molecule has 0 saturated carbocycles. The van der Waals surface area contributed by atoms with Crippen LogP contribution in [-0.4, -0.2) is 65.9 Å². The third-order valence-electron chi connectivity index (χ3n) is 7.95. The lowest BCUT2D eigenvalue weighted by Gasteiger charge is -2.38. The molecule has 0 aliphatic carbocycles. The van der Waals surface area contributed by atoms with E-state index in [0.717, 1.165) is 67.6 Å². The van der Waals surface area contributed by atoms with Crippen LogP contribution in [0.5, 0.6) is 0 Å². The van der Waals surface area contributed by atoms with Crippen LogP contribution in [0.4, 0.5) is 0 Å². The molecule has 224 valence electrons. The predicted octanol–water partition coefficient (Wildman–Crippen LogP) is 4.49. The summed E-state index contributed by atoms with van der Waals surface area (Å²) in [4.78, 5) is 25.3. The molecule has 4 rings (SSSR count). The normalized spacial score (nSPS) is 23.0. The van der Waals surface area contributed by atoms with Crippen molar-refractivity contribution in [1.82, 2.24) is 10.2 Å². The van der Waals surface area contributed by atoms with E-state index in [1.165, 1.54) is 0 Å². The number of nitrogens with one attached hydrogen (secondary N) is 1. The van der Waals surface area contributed by atoms with Crippen LogP contribution in [-0.2, 0) is 37.0 Å². The Balaban J connectivity index is 1.36. The van der Waals surface area contributed by atoms with Crippen molar-refractivity contribution in [3.8, 4) is 0 Å². The average molecular weight is 569 g/mol. The number of amides is 1. The molecule has 2 heterocycles. The van der Waals surface area contributed by atoms with Crippen LogP contribution in [0, 0.1) is 0 Å². The molecule has 4 atom stereocenters. The van der Waals surface area contributed by atoms with Gasteiger partial charge in [-0.3, -0.25) is 14.5 Å². The predicted molar refractivity (Wildman–Crippen MR) is 154 cm³/mol. The smallest absolute Gasteiger partial charge is 0.303 e. The van der Waals surface area contributed by atoms with Crippen molar-refractivity contribution >= 4 is 11.9 Å². The van der Waals surface area contributed by atoms with Gasteiger partial charge in [-0.25, -0.2) is 0 Å². The Bertz CT molecular complexity index is 1090. The molecule has 2 aliphatic heterocycles. The molecular formula is C32H44N2O7. The van der Waals surface area contributed by atoms with Crippen LogP contribution in [0.1, 0.15) is 86.0 Å². The molecule has 2 aromatic carbocycles. The summed E-state index contributed by atoms with van der Waals surface area (Å²) < 4.78 is 18.5. The number of unbranched alkanes of at least 4 members (excludes halogenated alkanes) is 2. The summed E-state index contributed by atoms with van der Waals surface area (Å²) in [7, 11) is 1.75. The van der Waals surface area contributed by atoms with E-state index in [0.29, 0.717) is 31.8 Å². The Kier molecular flexibility index (Phi) is 12.1. The van der Waals surface area contributed by atoms with Gasteiger partial charge in [0.05, 0.1) is 25.4 Å². The van der Waals surface area contributed by atoms with E-state index in [4.69, 9.17) is 19.3 Å². The van der Waals surface area contributed by atoms with Crippen LogP contribution in [0.15, 0.2) is 48.5 Å². The van der Waals surface area contributed by atoms with E-state index in [1.807, 2.05) is 48.5 Å². The van der Waals surface area contributed by atoms with Crippen LogP contribution in [0.2, 0.25) is 0 Å². The van der Waals surface area contributed by atoms with Crippen molar-refractivity contribution in [2.24, 2.45) is 0 Å². The largest absolute Gasteiger partial charge is 0.481 e. The number of carbonyl (C=O) groups excluding carboxylic acids is 1. The van der Waals surface area contributed by atoms with Crippen LogP contribution in [0.3, 0.4) is 0 Å². The summed E-state index contributed by atoms with van der Waals surface area (Å²) in [5.74, 6) is -0.832. The number of aliphatic hydroxyl groups excluding tert-OH is 1. The Morgan fingerprint density at radius 3 is 2.39 bits per heavy atom. The quantitative estimate of drug-likeness (QED) is 0.269. The van der Waals surface area contributed by atoms with E-state index in [1.54, 1.807) is 7.11 Å². The van der Waals surface area contributed by atoms with Gasteiger partial charge in [-0.05, 0) is 48.9 Å². The van der Waals surface area contributed by atoms with Crippen molar-refractivity contribution in [2.45, 2.75) is 89.1 Å². The second kappa shape index (κ2) is 16.0. The van der Waals surface area contributed by atoms with Crippen molar-refractivity contribution in [3.05, 3.63) is 70.8 Å². The van der Waals surface area contributed by atoms with Gasteiger partial charge in [-0.15, -0.1) is 0 Å². The highest BCUT2D eigenvalue weighted by molar-refractivity contribution is 5.75. The van der Waals surface area contributed by atoms with Gasteiger partial charge in [0.1, 0.15) is 0 Å². The van der Waals surface area contributed by atoms with E-state index in [-0.39, 0.29) is 31.1 Å². The number of aliphatic carboxylic acids is 1. The molecule has 9 nitrogen and oxygen atoms in total. The third kappa shape index (κ3) is 9.61. The zero-order valence-corrected chi connectivity index (χ0v) is 24.0. The van der Waals surface area contributed by atoms with E-state index < -0.39 is 12.3 Å². The maximum Gasteiger partial charge on any atom is 0.303 e. The second-order valence-corrected chi connectivity index (χ2v) is 11.1. The fourth-order valence-corrected chi connectivity index (χ4v) is 5.63. The first-order valence-electron chi connectivity index (χ1n) is 14.8. The number of aliphatic hydroxyl groups is 1. The Morgan fingerprint density at radius 1 is 0.976 bits per heavy atom. The molecule has 41 heavy (non-hydrogen) atoms. The number of rotatable bonds is 15. The monoisotopic (exact) mass is 568 g/mol. The number of hydrogen-bond donors (Lipinski definition) is 3. The summed E-state index contributed by atoms with van der Waals surface area (Å²) in [6.07, 6.45) is 4.92. The minimum atomic E-state index is -0.799. The number of methoxy groups -OCH3 is 1. The standard InChI is InChI=1S/C32H44N2O7/c1-39-22-27-6-5-17-34(27)20-28-18-29(25-13-11-24(21-35)12-14-25)41-32(40-28)26-15-9-23(10-16-26)19-33-30(36)7-3-2-4-8-31(37)38/h9-16,27-29,32,35H,2-8,17-22H2,1H3,(H,33,36)(H,37,38)/t27-,28-,29+,32+/m0/s1. The zero-order valence-electron chi connectivity index (χ0n) is 24.0. The number of carboxylic acids is 1. The van der Waals surface area contributed by atoms with Gasteiger partial charge >= 0.3 is 5.97 Å². The van der Waals surface area contributed by atoms with E-state index in [9.17, 15) is 14.7 Å². The van der Waals surface area contributed by atoms with Gasteiger partial charge in [0.15, 0.2) is 6.29 Å². The molecule has 9 heteroatoms. The SMILES string of the molecule is COC[C@@H]1CCCN1C[C@@H]1C[C@H](c2ccc(CO)cc2)O[C@H](c2ccc(CNC(=O)CCCCCC(=O)O)cc2)O1. The molecule has 2 aromatic rings. The highest BCUT2D eigenvalue weighted by Crippen LogP contribution is 2.38. The minimum Gasteiger partial charge on any atom is -0.481 e. The molecule has 2 fully saturated rings. The molecular weight excluding hydrogens is 524 g/mol. The van der Waals surface area contributed by atoms with Crippen LogP contribution in [0.25, 0.3) is 0 Å². The molecule has 0 radical (unpaired) electrons. The minimum absolute atomic E-state index is 0.00953. The van der Waals surface area contributed by atoms with Gasteiger partial charge in [0.25, 0.3) is 0 Å². The van der Waals surface area contributed by atoms with Gasteiger partial charge in [0, 0.05) is 51.1 Å². The molecule has 0 aromatic heterocycles. The maximum atomic E-state index is 12.2. The van der Waals surface area contributed by atoms with Gasteiger partial charge < -0.3 is 29.7 Å². The zero-order chi connectivity index (χ0) is 29.0. The molecule has 3 N–H and O–H groups in total. The summed E-state index contributed by atoms with van der Waals surface area (Å²) >= 11 is 0. The summed E-state index contributed by atoms with van der Waals surface area (Å²) in [5.41, 5.74) is 3.85. The van der Waals surface area contributed by atoms with Crippen molar-refractivity contribution in [3.63, 3.8) is 0 Å². The third-order valence-corrected chi connectivity index (χ3v) is 7.95. The highest BCUT2D eigenvalue weighted by atomic mass is 16.7. The van der Waals surface area contributed by atoms with Gasteiger partial charge in [0.2, 0.25) is 5.91 Å². The maximum absolute atomic E-state index is 12.2. The van der Waals surface area contributed by atoms with Crippen molar-refractivity contribution in [2.75, 3.05) is 26.8 Å². The molecule has 1 amide bonds. The highest BCUT2D eigenvalue weighted by Gasteiger charge is 2.35. The Morgan fingerprint density at radius 2 is 1.68 bits per heavy atom. The summed E-state index contributed by atoms with van der Waals surface area (Å²) in [5, 5.41) is 21.1. The van der Waals surface area contributed by atoms with Gasteiger partial charge in [-0.2, -0.15) is 0 Å². The number of likely N-dealkylation sites (tertiary alicyclic amines) is 1. The van der Waals surface area contributed by atoms with E-state index >= 15 is 0 Å². The fourth-order valence-electron chi connectivity index (χ4n) is 5.63. The first-order chi connectivity index (χ1) is 19.9. The second-order valence-electron chi connectivity index (χ2n) is 11.1. The number of carboxylic acid groups (broad SMARTS) is 1. The summed E-state index contributed by atoms with van der Waals surface area (Å²) in [6.45, 7) is 3.02. The number of nitrogens with zero attached hydrogens (tertiary/aromatic N) is 1. The molecule has 2 aliphatic rings. The van der Waals surface area contributed by atoms with Crippen LogP contribution < -0.4 is 5.32 Å². The first-order valence-corrected chi connectivity index (χ1v) is 14.8. The Labute approximate surface area is 242 Å². The van der Waals surface area contributed by atoms with Crippen molar-refractivity contribution in [1.29, 1.82) is 0 Å². The molecule has 2 saturated heterocycles. The number of carbonyl (C=O) groups is 2. The fraction of sp³-hybridized carbons (Fsp3) is 0.562. The molecule has 0 unspecified atom stereocenters. The van der Waals surface area contributed by atoms with Gasteiger partial charge in [-0.1, -0.05) is 55.0 Å². The lowest BCUT2D eigenvalue weighted by atomic mass is 9.99. The number of hydrogen-bond acceptors (Lipinski definition) is 7. The van der Waals surface area contributed by atoms with Crippen LogP contribution >= 0.6 is 0 Å². The first kappa shape index (κ1) is 31.1. The van der Waals surface area contributed by atoms with Crippen molar-refractivity contribution < 1.29 is 34.0 Å². The number of ether oxygens (including phenoxy) is 3.